The number of benzene rings is 2. The highest BCUT2D eigenvalue weighted by atomic mass is 32.2. The fraction of sp³-hybridized carbons (Fsp3) is 0.0625. The fourth-order valence-electron chi connectivity index (χ4n) is 2.39. The van der Waals surface area contributed by atoms with Crippen molar-refractivity contribution in [2.24, 2.45) is 5.14 Å². The summed E-state index contributed by atoms with van der Waals surface area (Å²) in [7, 11) is -3.69. The summed E-state index contributed by atoms with van der Waals surface area (Å²) in [5.41, 5.74) is 4.80. The zero-order chi connectivity index (χ0) is 15.7. The largest absolute Gasteiger partial charge is 0.284 e. The summed E-state index contributed by atoms with van der Waals surface area (Å²) in [6.07, 6.45) is 1.84. The van der Waals surface area contributed by atoms with E-state index in [4.69, 9.17) is 5.14 Å². The molecule has 0 bridgehead atoms. The van der Waals surface area contributed by atoms with Gasteiger partial charge in [0.1, 0.15) is 0 Å². The fourth-order valence-corrected chi connectivity index (χ4v) is 2.91. The van der Waals surface area contributed by atoms with E-state index >= 15 is 0 Å². The molecule has 112 valence electrons. The van der Waals surface area contributed by atoms with Gasteiger partial charge in [-0.3, -0.25) is 5.10 Å². The Balaban J connectivity index is 2.08. The third kappa shape index (κ3) is 2.66. The Morgan fingerprint density at radius 2 is 1.68 bits per heavy atom. The first-order valence-electron chi connectivity index (χ1n) is 6.70. The van der Waals surface area contributed by atoms with Crippen LogP contribution in [0.3, 0.4) is 0 Å². The number of hydrogen-bond donors (Lipinski definition) is 2. The van der Waals surface area contributed by atoms with Gasteiger partial charge in [0.2, 0.25) is 10.0 Å². The van der Waals surface area contributed by atoms with Crippen LogP contribution < -0.4 is 5.14 Å². The minimum absolute atomic E-state index is 0.0872. The van der Waals surface area contributed by atoms with Gasteiger partial charge in [-0.1, -0.05) is 36.4 Å². The molecule has 0 fully saturated rings. The van der Waals surface area contributed by atoms with Crippen molar-refractivity contribution in [2.75, 3.05) is 0 Å². The lowest BCUT2D eigenvalue weighted by Gasteiger charge is -2.06. The average Bonchev–Trinajstić information content (AvgIpc) is 2.96. The molecule has 3 N–H and O–H groups in total. The predicted molar refractivity (Wildman–Crippen MR) is 85.6 cm³/mol. The lowest BCUT2D eigenvalue weighted by Crippen LogP contribution is -2.11. The smallest absolute Gasteiger partial charge is 0.238 e. The summed E-state index contributed by atoms with van der Waals surface area (Å²) in [5, 5.41) is 12.3. The summed E-state index contributed by atoms with van der Waals surface area (Å²) in [5.74, 6) is 0. The lowest BCUT2D eigenvalue weighted by atomic mass is 9.98. The Morgan fingerprint density at radius 3 is 2.32 bits per heavy atom. The van der Waals surface area contributed by atoms with Gasteiger partial charge in [0.05, 0.1) is 10.6 Å². The van der Waals surface area contributed by atoms with Crippen LogP contribution in [0.2, 0.25) is 0 Å². The van der Waals surface area contributed by atoms with E-state index in [-0.39, 0.29) is 4.90 Å². The monoisotopic (exact) mass is 313 g/mol. The molecular formula is C16H15N3O2S. The number of sulfonamides is 1. The van der Waals surface area contributed by atoms with Gasteiger partial charge in [-0.25, -0.2) is 13.6 Å². The molecule has 2 aromatic carbocycles. The first-order chi connectivity index (χ1) is 10.5. The molecule has 0 aliphatic rings. The normalized spacial score (nSPS) is 11.5. The highest BCUT2D eigenvalue weighted by Crippen LogP contribution is 2.32. The van der Waals surface area contributed by atoms with E-state index in [1.165, 1.54) is 12.1 Å². The summed E-state index contributed by atoms with van der Waals surface area (Å²) in [6.45, 7) is 2.04. The molecule has 0 saturated heterocycles. The second-order valence-corrected chi connectivity index (χ2v) is 6.59. The molecule has 0 saturated carbocycles. The second kappa shape index (κ2) is 5.40. The maximum absolute atomic E-state index is 11.3. The first kappa shape index (κ1) is 14.5. The molecule has 1 aromatic heterocycles. The highest BCUT2D eigenvalue weighted by molar-refractivity contribution is 7.89. The number of rotatable bonds is 3. The Bertz CT molecular complexity index is 913. The molecular weight excluding hydrogens is 298 g/mol. The molecule has 0 unspecified atom stereocenters. The van der Waals surface area contributed by atoms with E-state index in [0.29, 0.717) is 0 Å². The van der Waals surface area contributed by atoms with Gasteiger partial charge < -0.3 is 0 Å². The number of nitrogens with one attached hydrogen (secondary N) is 1. The van der Waals surface area contributed by atoms with Gasteiger partial charge in [-0.2, -0.15) is 5.10 Å². The molecule has 1 heterocycles. The molecule has 0 atom stereocenters. The van der Waals surface area contributed by atoms with E-state index < -0.39 is 10.0 Å². The Kier molecular flexibility index (Phi) is 3.56. The van der Waals surface area contributed by atoms with Crippen molar-refractivity contribution in [3.8, 4) is 22.4 Å². The van der Waals surface area contributed by atoms with Crippen molar-refractivity contribution in [1.29, 1.82) is 0 Å². The average molecular weight is 313 g/mol. The third-order valence-corrected chi connectivity index (χ3v) is 4.46. The number of aromatic amines is 1. The molecule has 3 aromatic rings. The van der Waals surface area contributed by atoms with Crippen LogP contribution in [0.4, 0.5) is 0 Å². The number of aromatic nitrogens is 2. The van der Waals surface area contributed by atoms with Gasteiger partial charge in [0, 0.05) is 17.3 Å². The first-order valence-corrected chi connectivity index (χ1v) is 8.24. The van der Waals surface area contributed by atoms with E-state index in [0.717, 1.165) is 27.9 Å². The topological polar surface area (TPSA) is 88.8 Å². The number of nitrogens with zero attached hydrogens (tertiary/aromatic N) is 1. The van der Waals surface area contributed by atoms with Crippen LogP contribution in [0.15, 0.2) is 59.6 Å². The molecule has 0 amide bonds. The number of H-pyrrole nitrogens is 1. The molecule has 0 radical (unpaired) electrons. The number of hydrogen-bond acceptors (Lipinski definition) is 3. The van der Waals surface area contributed by atoms with Crippen molar-refractivity contribution in [3.05, 3.63) is 60.3 Å². The van der Waals surface area contributed by atoms with Gasteiger partial charge in [0.25, 0.3) is 0 Å². The number of aryl methyl sites for hydroxylation is 1. The molecule has 3 rings (SSSR count). The van der Waals surface area contributed by atoms with E-state index in [9.17, 15) is 8.42 Å². The highest BCUT2D eigenvalue weighted by Gasteiger charge is 2.13. The molecule has 5 nitrogen and oxygen atoms in total. The molecule has 6 heteroatoms. The van der Waals surface area contributed by atoms with Crippen molar-refractivity contribution >= 4 is 10.0 Å². The van der Waals surface area contributed by atoms with Crippen LogP contribution in [-0.2, 0) is 10.0 Å². The van der Waals surface area contributed by atoms with Crippen LogP contribution in [0, 0.1) is 6.92 Å². The summed E-state index contributed by atoms with van der Waals surface area (Å²) in [6, 6.07) is 14.4. The SMILES string of the molecule is Cc1ccccc1-c1c[nH]nc1-c1ccc(S(N)(=O)=O)cc1. The quantitative estimate of drug-likeness (QED) is 0.779. The Morgan fingerprint density at radius 1 is 1.00 bits per heavy atom. The molecule has 22 heavy (non-hydrogen) atoms. The maximum atomic E-state index is 11.3. The van der Waals surface area contributed by atoms with Crippen molar-refractivity contribution < 1.29 is 8.42 Å². The zero-order valence-corrected chi connectivity index (χ0v) is 12.8. The van der Waals surface area contributed by atoms with E-state index in [1.54, 1.807) is 12.1 Å². The van der Waals surface area contributed by atoms with Crippen LogP contribution >= 0.6 is 0 Å². The Labute approximate surface area is 128 Å². The lowest BCUT2D eigenvalue weighted by molar-refractivity contribution is 0.598. The van der Waals surface area contributed by atoms with E-state index in [1.807, 2.05) is 37.4 Å². The van der Waals surface area contributed by atoms with Gasteiger partial charge in [-0.15, -0.1) is 0 Å². The van der Waals surface area contributed by atoms with Gasteiger partial charge in [0.15, 0.2) is 0 Å². The predicted octanol–water partition coefficient (Wildman–Crippen LogP) is 2.70. The summed E-state index contributed by atoms with van der Waals surface area (Å²) in [4.78, 5) is 0.0872. The minimum atomic E-state index is -3.69. The van der Waals surface area contributed by atoms with Gasteiger partial charge >= 0.3 is 0 Å². The zero-order valence-electron chi connectivity index (χ0n) is 11.9. The third-order valence-electron chi connectivity index (χ3n) is 3.53. The summed E-state index contributed by atoms with van der Waals surface area (Å²) >= 11 is 0. The van der Waals surface area contributed by atoms with Crippen LogP contribution in [0.5, 0.6) is 0 Å². The molecule has 0 aliphatic carbocycles. The second-order valence-electron chi connectivity index (χ2n) is 5.03. The van der Waals surface area contributed by atoms with Crippen LogP contribution in [-0.4, -0.2) is 18.6 Å². The van der Waals surface area contributed by atoms with E-state index in [2.05, 4.69) is 10.2 Å². The summed E-state index contributed by atoms with van der Waals surface area (Å²) < 4.78 is 22.6. The van der Waals surface area contributed by atoms with Crippen molar-refractivity contribution in [2.45, 2.75) is 11.8 Å². The van der Waals surface area contributed by atoms with Crippen molar-refractivity contribution in [3.63, 3.8) is 0 Å². The minimum Gasteiger partial charge on any atom is -0.284 e. The van der Waals surface area contributed by atoms with Gasteiger partial charge in [-0.05, 0) is 30.2 Å². The Hall–Kier alpha value is -2.44. The standard InChI is InChI=1S/C16H15N3O2S/c1-11-4-2-3-5-14(11)15-10-18-19-16(15)12-6-8-13(9-7-12)22(17,20)21/h2-10H,1H3,(H,18,19)(H2,17,20,21). The van der Waals surface area contributed by atoms with Crippen molar-refractivity contribution in [1.82, 2.24) is 10.2 Å². The maximum Gasteiger partial charge on any atom is 0.238 e. The number of primary sulfonamides is 1. The molecule has 0 spiro atoms. The van der Waals surface area contributed by atoms with Crippen LogP contribution in [0.1, 0.15) is 5.56 Å². The van der Waals surface area contributed by atoms with Crippen LogP contribution in [0.25, 0.3) is 22.4 Å². The number of nitrogens with two attached hydrogens (primary N) is 1. The molecule has 0 aliphatic heterocycles.